The summed E-state index contributed by atoms with van der Waals surface area (Å²) in [6.07, 6.45) is -0.450. The van der Waals surface area contributed by atoms with E-state index in [9.17, 15) is 27.7 Å². The summed E-state index contributed by atoms with van der Waals surface area (Å²) in [6.45, 7) is 0. The van der Waals surface area contributed by atoms with E-state index in [0.29, 0.717) is 5.56 Å². The minimum atomic E-state index is -4.14. The van der Waals surface area contributed by atoms with Crippen LogP contribution in [-0.2, 0) is 14.8 Å². The summed E-state index contributed by atoms with van der Waals surface area (Å²) < 4.78 is 40.3. The Morgan fingerprint density at radius 3 is 2.23 bits per heavy atom. The molecular formula is C15H14FN3O6S. The third-order valence-electron chi connectivity index (χ3n) is 3.44. The van der Waals surface area contributed by atoms with Crippen LogP contribution in [0.1, 0.15) is 18.0 Å². The number of nitro groups is 1. The highest BCUT2D eigenvalue weighted by Gasteiger charge is 2.24. The predicted molar refractivity (Wildman–Crippen MR) is 87.1 cm³/mol. The van der Waals surface area contributed by atoms with Gasteiger partial charge in [0.15, 0.2) is 0 Å². The number of hydroxylamine groups is 1. The Morgan fingerprint density at radius 1 is 1.15 bits per heavy atom. The molecule has 0 aromatic heterocycles. The number of nitrogens with one attached hydrogen (secondary N) is 2. The number of non-ortho nitro benzene ring substituents is 1. The number of halogens is 1. The van der Waals surface area contributed by atoms with E-state index in [-0.39, 0.29) is 10.6 Å². The van der Waals surface area contributed by atoms with Crippen molar-refractivity contribution in [3.8, 4) is 0 Å². The average Bonchev–Trinajstić information content (AvgIpc) is 2.61. The van der Waals surface area contributed by atoms with Crippen molar-refractivity contribution in [1.82, 2.24) is 10.2 Å². The summed E-state index contributed by atoms with van der Waals surface area (Å²) in [5.41, 5.74) is 1.41. The van der Waals surface area contributed by atoms with Crippen molar-refractivity contribution < 1.29 is 27.7 Å². The molecule has 0 fully saturated rings. The molecule has 2 rings (SSSR count). The summed E-state index contributed by atoms with van der Waals surface area (Å²) in [4.78, 5) is 21.2. The number of sulfonamides is 1. The van der Waals surface area contributed by atoms with Gasteiger partial charge in [-0.15, -0.1) is 0 Å². The van der Waals surface area contributed by atoms with E-state index in [1.165, 1.54) is 17.6 Å². The zero-order valence-electron chi connectivity index (χ0n) is 13.1. The van der Waals surface area contributed by atoms with Crippen molar-refractivity contribution in [2.75, 3.05) is 0 Å². The van der Waals surface area contributed by atoms with Crippen molar-refractivity contribution >= 4 is 21.6 Å². The minimum absolute atomic E-state index is 0.250. The topological polar surface area (TPSA) is 139 Å². The van der Waals surface area contributed by atoms with Gasteiger partial charge in [0, 0.05) is 18.6 Å². The lowest BCUT2D eigenvalue weighted by Gasteiger charge is -2.18. The monoisotopic (exact) mass is 383 g/mol. The molecule has 138 valence electrons. The van der Waals surface area contributed by atoms with E-state index in [1.807, 2.05) is 0 Å². The zero-order chi connectivity index (χ0) is 19.3. The van der Waals surface area contributed by atoms with Crippen molar-refractivity contribution in [2.24, 2.45) is 0 Å². The van der Waals surface area contributed by atoms with Gasteiger partial charge < -0.3 is 0 Å². The Balaban J connectivity index is 2.31. The largest absolute Gasteiger partial charge is 0.289 e. The van der Waals surface area contributed by atoms with E-state index in [2.05, 4.69) is 4.72 Å². The van der Waals surface area contributed by atoms with Crippen molar-refractivity contribution in [1.29, 1.82) is 0 Å². The standard InChI is InChI=1S/C15H14FN3O6S/c16-11-3-1-10(2-4-11)14(9-15(20)17-21)18-26(24,25)13-7-5-12(6-8-13)19(22)23/h1-8,14,18,21H,9H2,(H,17,20). The summed E-state index contributed by atoms with van der Waals surface area (Å²) in [5.74, 6) is -1.40. The molecule has 0 saturated heterocycles. The maximum absolute atomic E-state index is 13.1. The van der Waals surface area contributed by atoms with E-state index in [4.69, 9.17) is 5.21 Å². The average molecular weight is 383 g/mol. The number of amides is 1. The molecule has 0 radical (unpaired) electrons. The first-order valence-electron chi connectivity index (χ1n) is 7.18. The number of carbonyl (C=O) groups excluding carboxylic acids is 1. The highest BCUT2D eigenvalue weighted by Crippen LogP contribution is 2.22. The molecule has 0 spiro atoms. The van der Waals surface area contributed by atoms with Crippen molar-refractivity contribution in [3.05, 3.63) is 70.0 Å². The van der Waals surface area contributed by atoms with E-state index in [0.717, 1.165) is 36.4 Å². The molecule has 9 nitrogen and oxygen atoms in total. The molecule has 1 amide bonds. The second-order valence-electron chi connectivity index (χ2n) is 5.22. The zero-order valence-corrected chi connectivity index (χ0v) is 13.9. The number of benzene rings is 2. The molecule has 1 atom stereocenters. The van der Waals surface area contributed by atoms with Crippen molar-refractivity contribution in [3.63, 3.8) is 0 Å². The summed E-state index contributed by atoms with van der Waals surface area (Å²) in [6, 6.07) is 7.85. The smallest absolute Gasteiger partial charge is 0.269 e. The first-order chi connectivity index (χ1) is 12.2. The summed E-state index contributed by atoms with van der Waals surface area (Å²) in [5, 5.41) is 19.3. The van der Waals surface area contributed by atoms with Crippen LogP contribution in [0.15, 0.2) is 53.4 Å². The highest BCUT2D eigenvalue weighted by molar-refractivity contribution is 7.89. The van der Waals surface area contributed by atoms with Crippen LogP contribution in [0.2, 0.25) is 0 Å². The van der Waals surface area contributed by atoms with Gasteiger partial charge in [-0.25, -0.2) is 23.0 Å². The van der Waals surface area contributed by atoms with Crippen LogP contribution in [0, 0.1) is 15.9 Å². The summed E-state index contributed by atoms with van der Waals surface area (Å²) >= 11 is 0. The van der Waals surface area contributed by atoms with Gasteiger partial charge in [-0.05, 0) is 29.8 Å². The summed E-state index contributed by atoms with van der Waals surface area (Å²) in [7, 11) is -4.14. The molecule has 0 aliphatic heterocycles. The fourth-order valence-electron chi connectivity index (χ4n) is 2.16. The van der Waals surface area contributed by atoms with Crippen LogP contribution in [0.4, 0.5) is 10.1 Å². The first-order valence-corrected chi connectivity index (χ1v) is 8.66. The fraction of sp³-hybridized carbons (Fsp3) is 0.133. The molecule has 0 heterocycles. The van der Waals surface area contributed by atoms with Crippen LogP contribution < -0.4 is 10.2 Å². The van der Waals surface area contributed by atoms with Gasteiger partial charge >= 0.3 is 0 Å². The molecule has 0 aliphatic carbocycles. The molecule has 26 heavy (non-hydrogen) atoms. The van der Waals surface area contributed by atoms with E-state index < -0.39 is 39.1 Å². The van der Waals surface area contributed by atoms with Gasteiger partial charge in [0.1, 0.15) is 5.82 Å². The second-order valence-corrected chi connectivity index (χ2v) is 6.93. The van der Waals surface area contributed by atoms with Crippen LogP contribution in [-0.4, -0.2) is 24.5 Å². The van der Waals surface area contributed by atoms with Gasteiger partial charge in [-0.3, -0.25) is 20.1 Å². The second kappa shape index (κ2) is 7.99. The van der Waals surface area contributed by atoms with Crippen LogP contribution in [0.3, 0.4) is 0 Å². The fourth-order valence-corrected chi connectivity index (χ4v) is 3.38. The van der Waals surface area contributed by atoms with Crippen molar-refractivity contribution in [2.45, 2.75) is 17.4 Å². The molecular weight excluding hydrogens is 369 g/mol. The first kappa shape index (κ1) is 19.4. The highest BCUT2D eigenvalue weighted by atomic mass is 32.2. The number of hydrogen-bond donors (Lipinski definition) is 3. The molecule has 1 unspecified atom stereocenters. The normalized spacial score (nSPS) is 12.4. The van der Waals surface area contributed by atoms with E-state index in [1.54, 1.807) is 0 Å². The molecule has 0 aliphatic rings. The lowest BCUT2D eigenvalue weighted by molar-refractivity contribution is -0.384. The number of hydrogen-bond acceptors (Lipinski definition) is 6. The van der Waals surface area contributed by atoms with Gasteiger partial charge in [0.05, 0.1) is 15.9 Å². The number of carbonyl (C=O) groups is 1. The van der Waals surface area contributed by atoms with Crippen LogP contribution in [0.25, 0.3) is 0 Å². The Kier molecular flexibility index (Phi) is 5.97. The molecule has 11 heteroatoms. The van der Waals surface area contributed by atoms with Crippen LogP contribution in [0.5, 0.6) is 0 Å². The lowest BCUT2D eigenvalue weighted by Crippen LogP contribution is -2.33. The van der Waals surface area contributed by atoms with Gasteiger partial charge in [-0.1, -0.05) is 12.1 Å². The lowest BCUT2D eigenvalue weighted by atomic mass is 10.0. The quantitative estimate of drug-likeness (QED) is 0.377. The Morgan fingerprint density at radius 2 is 1.73 bits per heavy atom. The molecule has 3 N–H and O–H groups in total. The number of rotatable bonds is 7. The Labute approximate surface area is 147 Å². The molecule has 0 bridgehead atoms. The van der Waals surface area contributed by atoms with Gasteiger partial charge in [0.25, 0.3) is 5.69 Å². The maximum Gasteiger partial charge on any atom is 0.269 e. The maximum atomic E-state index is 13.1. The predicted octanol–water partition coefficient (Wildman–Crippen LogP) is 1.65. The third-order valence-corrected chi connectivity index (χ3v) is 4.93. The SMILES string of the molecule is O=C(CC(NS(=O)(=O)c1ccc([N+](=O)[O-])cc1)c1ccc(F)cc1)NO. The Bertz CT molecular complexity index is 900. The van der Waals surface area contributed by atoms with Gasteiger partial charge in [0.2, 0.25) is 15.9 Å². The van der Waals surface area contributed by atoms with Gasteiger partial charge in [-0.2, -0.15) is 0 Å². The molecule has 0 saturated carbocycles. The van der Waals surface area contributed by atoms with E-state index >= 15 is 0 Å². The number of nitrogens with zero attached hydrogens (tertiary/aromatic N) is 1. The Hall–Kier alpha value is -2.89. The number of nitro benzene ring substituents is 1. The molecule has 2 aromatic carbocycles. The minimum Gasteiger partial charge on any atom is -0.289 e. The van der Waals surface area contributed by atoms with Crippen LogP contribution >= 0.6 is 0 Å². The third kappa shape index (κ3) is 4.81. The molecule has 2 aromatic rings.